The molecule has 1 aromatic heterocycles. The van der Waals surface area contributed by atoms with Gasteiger partial charge in [0, 0.05) is 21.0 Å². The van der Waals surface area contributed by atoms with Crippen LogP contribution in [0.4, 0.5) is 5.69 Å². The number of benzene rings is 1. The number of thiazole rings is 1. The summed E-state index contributed by atoms with van der Waals surface area (Å²) >= 11 is 5.11. The summed E-state index contributed by atoms with van der Waals surface area (Å²) in [4.78, 5) is 18.1. The number of halogens is 1. The van der Waals surface area contributed by atoms with E-state index in [9.17, 15) is 4.79 Å². The molecule has 5 heteroatoms. The van der Waals surface area contributed by atoms with Gasteiger partial charge >= 0.3 is 0 Å². The van der Waals surface area contributed by atoms with Crippen LogP contribution >= 0.6 is 27.3 Å². The number of nitrogens with zero attached hydrogens (tertiary/aromatic N) is 1. The first kappa shape index (κ1) is 13.8. The number of aromatic nitrogens is 1. The maximum atomic E-state index is 12.3. The van der Waals surface area contributed by atoms with E-state index in [2.05, 4.69) is 26.2 Å². The number of anilines is 1. The van der Waals surface area contributed by atoms with Crippen molar-refractivity contribution in [2.45, 2.75) is 26.2 Å². The highest BCUT2D eigenvalue weighted by Crippen LogP contribution is 2.30. The molecule has 0 spiro atoms. The molecule has 3 rings (SSSR count). The summed E-state index contributed by atoms with van der Waals surface area (Å²) in [6.07, 6.45) is 2.62. The van der Waals surface area contributed by atoms with Crippen LogP contribution in [0.15, 0.2) is 28.7 Å². The maximum absolute atomic E-state index is 12.3. The van der Waals surface area contributed by atoms with Crippen LogP contribution < -0.4 is 5.32 Å². The van der Waals surface area contributed by atoms with Gasteiger partial charge < -0.3 is 5.32 Å². The summed E-state index contributed by atoms with van der Waals surface area (Å²) in [5.41, 5.74) is 2.05. The van der Waals surface area contributed by atoms with Gasteiger partial charge in [0.25, 0.3) is 0 Å². The lowest BCUT2D eigenvalue weighted by atomic mass is 9.90. The van der Waals surface area contributed by atoms with Crippen LogP contribution in [0.2, 0.25) is 0 Å². The molecule has 0 bridgehead atoms. The summed E-state index contributed by atoms with van der Waals surface area (Å²) in [6.45, 7) is 2.03. The van der Waals surface area contributed by atoms with Crippen molar-refractivity contribution in [1.29, 1.82) is 0 Å². The molecule has 0 fully saturated rings. The molecule has 0 aliphatic heterocycles. The standard InChI is InChI=1S/C15H15BrN2OS/c1-9-17-13-7-2-10(8-14(13)20-9)15(19)18-12-5-3-11(16)4-6-12/h3-6,10H,2,7-8H2,1H3,(H,18,19). The Morgan fingerprint density at radius 3 is 2.90 bits per heavy atom. The van der Waals surface area contributed by atoms with Crippen LogP contribution in [0.5, 0.6) is 0 Å². The lowest BCUT2D eigenvalue weighted by molar-refractivity contribution is -0.120. The van der Waals surface area contributed by atoms with Crippen LogP contribution in [0.1, 0.15) is 22.0 Å². The number of carbonyl (C=O) groups excluding carboxylic acids is 1. The molecule has 2 aromatic rings. The molecule has 20 heavy (non-hydrogen) atoms. The third-order valence-corrected chi connectivity index (χ3v) is 5.09. The molecule has 3 nitrogen and oxygen atoms in total. The van der Waals surface area contributed by atoms with E-state index in [-0.39, 0.29) is 11.8 Å². The normalized spacial score (nSPS) is 17.6. The zero-order chi connectivity index (χ0) is 14.1. The number of carbonyl (C=O) groups is 1. The van der Waals surface area contributed by atoms with Crippen molar-refractivity contribution >= 4 is 38.9 Å². The Kier molecular flexibility index (Phi) is 3.89. The summed E-state index contributed by atoms with van der Waals surface area (Å²) in [5.74, 6) is 0.176. The number of amides is 1. The minimum atomic E-state index is 0.0611. The Morgan fingerprint density at radius 2 is 2.15 bits per heavy atom. The van der Waals surface area contributed by atoms with Gasteiger partial charge in [-0.05, 0) is 50.5 Å². The molecular formula is C15H15BrN2OS. The second kappa shape index (κ2) is 5.66. The highest BCUT2D eigenvalue weighted by molar-refractivity contribution is 9.10. The Bertz CT molecular complexity index is 636. The van der Waals surface area contributed by atoms with E-state index in [4.69, 9.17) is 0 Å². The molecule has 0 saturated carbocycles. The first-order chi connectivity index (χ1) is 9.61. The molecule has 1 aliphatic rings. The van der Waals surface area contributed by atoms with Crippen molar-refractivity contribution in [3.05, 3.63) is 44.3 Å². The van der Waals surface area contributed by atoms with Gasteiger partial charge in [0.05, 0.1) is 10.7 Å². The first-order valence-corrected chi connectivity index (χ1v) is 8.24. The third-order valence-electron chi connectivity index (χ3n) is 3.53. The summed E-state index contributed by atoms with van der Waals surface area (Å²) < 4.78 is 1.01. The minimum Gasteiger partial charge on any atom is -0.326 e. The molecule has 0 radical (unpaired) electrons. The second-order valence-electron chi connectivity index (χ2n) is 5.04. The number of aryl methyl sites for hydroxylation is 2. The van der Waals surface area contributed by atoms with E-state index in [1.807, 2.05) is 31.2 Å². The second-order valence-corrected chi connectivity index (χ2v) is 7.24. The number of nitrogens with one attached hydrogen (secondary N) is 1. The lowest BCUT2D eigenvalue weighted by Gasteiger charge is -2.20. The zero-order valence-corrected chi connectivity index (χ0v) is 13.6. The van der Waals surface area contributed by atoms with Gasteiger partial charge in [-0.1, -0.05) is 15.9 Å². The Morgan fingerprint density at radius 1 is 1.40 bits per heavy atom. The minimum absolute atomic E-state index is 0.0611. The number of hydrogen-bond donors (Lipinski definition) is 1. The number of hydrogen-bond acceptors (Lipinski definition) is 3. The Hall–Kier alpha value is -1.20. The van der Waals surface area contributed by atoms with Crippen LogP contribution in [0, 0.1) is 12.8 Å². The highest BCUT2D eigenvalue weighted by atomic mass is 79.9. The van der Waals surface area contributed by atoms with E-state index in [0.29, 0.717) is 0 Å². The molecule has 1 atom stereocenters. The molecule has 0 saturated heterocycles. The Balaban J connectivity index is 1.68. The fourth-order valence-electron chi connectivity index (χ4n) is 2.51. The largest absolute Gasteiger partial charge is 0.326 e. The third kappa shape index (κ3) is 2.94. The van der Waals surface area contributed by atoms with Crippen LogP contribution in [-0.2, 0) is 17.6 Å². The van der Waals surface area contributed by atoms with Gasteiger partial charge in [0.1, 0.15) is 0 Å². The van der Waals surface area contributed by atoms with Gasteiger partial charge in [-0.15, -0.1) is 11.3 Å². The smallest absolute Gasteiger partial charge is 0.227 e. The van der Waals surface area contributed by atoms with Crippen molar-refractivity contribution in [2.75, 3.05) is 5.32 Å². The van der Waals surface area contributed by atoms with Crippen LogP contribution in [0.25, 0.3) is 0 Å². The lowest BCUT2D eigenvalue weighted by Crippen LogP contribution is -2.27. The zero-order valence-electron chi connectivity index (χ0n) is 11.1. The van der Waals surface area contributed by atoms with Gasteiger partial charge in [-0.2, -0.15) is 0 Å². The average molecular weight is 351 g/mol. The molecular weight excluding hydrogens is 336 g/mol. The summed E-state index contributed by atoms with van der Waals surface area (Å²) in [6, 6.07) is 7.68. The molecule has 1 N–H and O–H groups in total. The first-order valence-electron chi connectivity index (χ1n) is 6.63. The predicted molar refractivity (Wildman–Crippen MR) is 85.1 cm³/mol. The quantitative estimate of drug-likeness (QED) is 0.890. The average Bonchev–Trinajstić information content (AvgIpc) is 2.80. The predicted octanol–water partition coefficient (Wildman–Crippen LogP) is 3.96. The fourth-order valence-corrected chi connectivity index (χ4v) is 3.83. The van der Waals surface area contributed by atoms with E-state index in [0.717, 1.165) is 34.4 Å². The van der Waals surface area contributed by atoms with E-state index in [1.165, 1.54) is 10.6 Å². The Labute approximate surface area is 130 Å². The van der Waals surface area contributed by atoms with Gasteiger partial charge in [-0.25, -0.2) is 4.98 Å². The van der Waals surface area contributed by atoms with Gasteiger partial charge in [0.15, 0.2) is 0 Å². The summed E-state index contributed by atoms with van der Waals surface area (Å²) in [5, 5.41) is 4.10. The topological polar surface area (TPSA) is 42.0 Å². The van der Waals surface area contributed by atoms with E-state index < -0.39 is 0 Å². The van der Waals surface area contributed by atoms with Crippen molar-refractivity contribution in [1.82, 2.24) is 4.98 Å². The maximum Gasteiger partial charge on any atom is 0.227 e. The summed E-state index contributed by atoms with van der Waals surface area (Å²) in [7, 11) is 0. The van der Waals surface area contributed by atoms with Crippen molar-refractivity contribution in [3.63, 3.8) is 0 Å². The van der Waals surface area contributed by atoms with Crippen molar-refractivity contribution < 1.29 is 4.79 Å². The fraction of sp³-hybridized carbons (Fsp3) is 0.333. The van der Waals surface area contributed by atoms with Crippen LogP contribution in [0.3, 0.4) is 0 Å². The van der Waals surface area contributed by atoms with Gasteiger partial charge in [0.2, 0.25) is 5.91 Å². The molecule has 1 aromatic carbocycles. The monoisotopic (exact) mass is 350 g/mol. The molecule has 1 heterocycles. The molecule has 1 unspecified atom stereocenters. The number of rotatable bonds is 2. The van der Waals surface area contributed by atoms with Crippen LogP contribution in [-0.4, -0.2) is 10.9 Å². The highest BCUT2D eigenvalue weighted by Gasteiger charge is 2.27. The SMILES string of the molecule is Cc1nc2c(s1)CC(C(=O)Nc1ccc(Br)cc1)CC2. The van der Waals surface area contributed by atoms with E-state index in [1.54, 1.807) is 11.3 Å². The van der Waals surface area contributed by atoms with Crippen molar-refractivity contribution in [3.8, 4) is 0 Å². The van der Waals surface area contributed by atoms with Gasteiger partial charge in [-0.3, -0.25) is 4.79 Å². The van der Waals surface area contributed by atoms with E-state index >= 15 is 0 Å². The molecule has 104 valence electrons. The van der Waals surface area contributed by atoms with Crippen molar-refractivity contribution in [2.24, 2.45) is 5.92 Å². The molecule has 1 aliphatic carbocycles. The molecule has 1 amide bonds. The number of fused-ring (bicyclic) bond motifs is 1.